The second kappa shape index (κ2) is 9.57. The Morgan fingerprint density at radius 2 is 1.86 bits per heavy atom. The van der Waals surface area contributed by atoms with E-state index in [0.717, 1.165) is 10.0 Å². The van der Waals surface area contributed by atoms with Crippen molar-refractivity contribution in [1.82, 2.24) is 10.2 Å². The normalized spacial score (nSPS) is 12.5. The Hall–Kier alpha value is -2.58. The molecule has 0 radical (unpaired) electrons. The van der Waals surface area contributed by atoms with Gasteiger partial charge in [0.2, 0.25) is 5.91 Å². The average Bonchev–Trinajstić information content (AvgIpc) is 2.68. The van der Waals surface area contributed by atoms with E-state index in [2.05, 4.69) is 26.6 Å². The van der Waals surface area contributed by atoms with Gasteiger partial charge in [-0.15, -0.1) is 0 Å². The molecule has 0 saturated heterocycles. The van der Waals surface area contributed by atoms with Crippen molar-refractivity contribution in [1.29, 1.82) is 0 Å². The summed E-state index contributed by atoms with van der Waals surface area (Å²) < 4.78 is 11.9. The van der Waals surface area contributed by atoms with Crippen molar-refractivity contribution in [2.45, 2.75) is 13.0 Å². The van der Waals surface area contributed by atoms with Crippen LogP contribution in [-0.2, 0) is 11.3 Å². The first-order valence-corrected chi connectivity index (χ1v) is 9.73. The molecular formula is C20H22BrN3O4. The molecule has 0 aliphatic carbocycles. The molecule has 0 unspecified atom stereocenters. The quantitative estimate of drug-likeness (QED) is 0.709. The van der Waals surface area contributed by atoms with Crippen molar-refractivity contribution >= 4 is 33.6 Å². The number of ether oxygens (including phenoxy) is 2. The summed E-state index contributed by atoms with van der Waals surface area (Å²) in [4.78, 5) is 26.1. The summed E-state index contributed by atoms with van der Waals surface area (Å²) in [6.45, 7) is 2.21. The number of benzene rings is 2. The van der Waals surface area contributed by atoms with E-state index in [-0.39, 0.29) is 12.3 Å². The fourth-order valence-corrected chi connectivity index (χ4v) is 3.17. The monoisotopic (exact) mass is 447 g/mol. The Morgan fingerprint density at radius 3 is 2.64 bits per heavy atom. The van der Waals surface area contributed by atoms with Gasteiger partial charge >= 0.3 is 6.03 Å². The molecule has 1 heterocycles. The molecule has 3 amide bonds. The minimum absolute atomic E-state index is 0.218. The van der Waals surface area contributed by atoms with Crippen LogP contribution in [0.4, 0.5) is 10.5 Å². The predicted molar refractivity (Wildman–Crippen MR) is 110 cm³/mol. The van der Waals surface area contributed by atoms with Gasteiger partial charge < -0.3 is 19.7 Å². The number of hydrogen-bond donors (Lipinski definition) is 2. The van der Waals surface area contributed by atoms with Gasteiger partial charge in [-0.3, -0.25) is 10.1 Å². The third-order valence-electron chi connectivity index (χ3n) is 4.17. The van der Waals surface area contributed by atoms with Crippen LogP contribution in [0.2, 0.25) is 0 Å². The molecule has 0 bridgehead atoms. The molecule has 28 heavy (non-hydrogen) atoms. The van der Waals surface area contributed by atoms with Gasteiger partial charge in [0.15, 0.2) is 11.5 Å². The van der Waals surface area contributed by atoms with Gasteiger partial charge in [-0.25, -0.2) is 4.79 Å². The summed E-state index contributed by atoms with van der Waals surface area (Å²) in [5.74, 6) is 0.875. The van der Waals surface area contributed by atoms with E-state index in [0.29, 0.717) is 43.5 Å². The van der Waals surface area contributed by atoms with Crippen molar-refractivity contribution < 1.29 is 19.1 Å². The molecule has 2 aromatic rings. The van der Waals surface area contributed by atoms with Crippen LogP contribution in [0.1, 0.15) is 12.0 Å². The zero-order valence-corrected chi connectivity index (χ0v) is 17.1. The molecular weight excluding hydrogens is 426 g/mol. The molecule has 8 heteroatoms. The molecule has 0 saturated carbocycles. The van der Waals surface area contributed by atoms with Crippen LogP contribution in [0.25, 0.3) is 0 Å². The summed E-state index contributed by atoms with van der Waals surface area (Å²) in [5, 5.41) is 4.97. The Morgan fingerprint density at radius 1 is 1.11 bits per heavy atom. The first-order valence-electron chi connectivity index (χ1n) is 8.93. The molecule has 0 atom stereocenters. The van der Waals surface area contributed by atoms with E-state index in [1.807, 2.05) is 36.2 Å². The molecule has 7 nitrogen and oxygen atoms in total. The SMILES string of the molecule is CN(CCC(=O)NC(=O)Nc1ccc2c(c1)OCCO2)Cc1ccccc1Br. The van der Waals surface area contributed by atoms with Crippen LogP contribution in [-0.4, -0.2) is 43.6 Å². The topological polar surface area (TPSA) is 79.9 Å². The lowest BCUT2D eigenvalue weighted by atomic mass is 10.2. The Labute approximate surface area is 172 Å². The zero-order chi connectivity index (χ0) is 19.9. The number of nitrogens with zero attached hydrogens (tertiary/aromatic N) is 1. The third kappa shape index (κ3) is 5.71. The smallest absolute Gasteiger partial charge is 0.325 e. The van der Waals surface area contributed by atoms with E-state index in [1.165, 1.54) is 0 Å². The van der Waals surface area contributed by atoms with Crippen molar-refractivity contribution in [3.8, 4) is 11.5 Å². The second-order valence-corrected chi connectivity index (χ2v) is 7.29. The van der Waals surface area contributed by atoms with E-state index in [1.54, 1.807) is 18.2 Å². The number of nitrogens with one attached hydrogen (secondary N) is 2. The lowest BCUT2D eigenvalue weighted by molar-refractivity contribution is -0.120. The van der Waals surface area contributed by atoms with Crippen molar-refractivity contribution in [2.24, 2.45) is 0 Å². The maximum absolute atomic E-state index is 12.0. The number of carbonyl (C=O) groups excluding carboxylic acids is 2. The number of urea groups is 1. The van der Waals surface area contributed by atoms with Crippen LogP contribution < -0.4 is 20.1 Å². The van der Waals surface area contributed by atoms with Gasteiger partial charge in [0.05, 0.1) is 0 Å². The second-order valence-electron chi connectivity index (χ2n) is 6.44. The first-order chi connectivity index (χ1) is 13.5. The van der Waals surface area contributed by atoms with E-state index in [9.17, 15) is 9.59 Å². The summed E-state index contributed by atoms with van der Waals surface area (Å²) >= 11 is 3.52. The number of fused-ring (bicyclic) bond motifs is 1. The summed E-state index contributed by atoms with van der Waals surface area (Å²) in [6, 6.07) is 12.5. The van der Waals surface area contributed by atoms with Crippen LogP contribution >= 0.6 is 15.9 Å². The van der Waals surface area contributed by atoms with Crippen LogP contribution in [0.3, 0.4) is 0 Å². The maximum Gasteiger partial charge on any atom is 0.325 e. The molecule has 3 rings (SSSR count). The largest absolute Gasteiger partial charge is 0.486 e. The number of rotatable bonds is 6. The fourth-order valence-electron chi connectivity index (χ4n) is 2.76. The van der Waals surface area contributed by atoms with Crippen molar-refractivity contribution in [2.75, 3.05) is 32.1 Å². The van der Waals surface area contributed by atoms with Gasteiger partial charge in [-0.1, -0.05) is 34.1 Å². The first kappa shape index (κ1) is 20.2. The Balaban J connectivity index is 1.43. The number of halogens is 1. The number of imide groups is 1. The van der Waals surface area contributed by atoms with Crippen LogP contribution in [0.5, 0.6) is 11.5 Å². The fraction of sp³-hybridized carbons (Fsp3) is 0.300. The van der Waals surface area contributed by atoms with Gasteiger partial charge in [0, 0.05) is 35.7 Å². The van der Waals surface area contributed by atoms with Crippen molar-refractivity contribution in [3.63, 3.8) is 0 Å². The molecule has 2 N–H and O–H groups in total. The molecule has 1 aliphatic rings. The van der Waals surface area contributed by atoms with Crippen molar-refractivity contribution in [3.05, 3.63) is 52.5 Å². The lowest BCUT2D eigenvalue weighted by Gasteiger charge is -2.19. The number of hydrogen-bond acceptors (Lipinski definition) is 5. The summed E-state index contributed by atoms with van der Waals surface area (Å²) in [5.41, 5.74) is 1.67. The number of carbonyl (C=O) groups is 2. The highest BCUT2D eigenvalue weighted by atomic mass is 79.9. The minimum Gasteiger partial charge on any atom is -0.486 e. The minimum atomic E-state index is -0.574. The molecule has 2 aromatic carbocycles. The van der Waals surface area contributed by atoms with E-state index >= 15 is 0 Å². The summed E-state index contributed by atoms with van der Waals surface area (Å²) in [6.07, 6.45) is 0.218. The Bertz CT molecular complexity index is 859. The van der Waals surface area contributed by atoms with Gasteiger partial charge in [-0.2, -0.15) is 0 Å². The molecule has 1 aliphatic heterocycles. The predicted octanol–water partition coefficient (Wildman–Crippen LogP) is 3.39. The average molecular weight is 448 g/mol. The van der Waals surface area contributed by atoms with Gasteiger partial charge in [0.1, 0.15) is 13.2 Å². The highest BCUT2D eigenvalue weighted by Crippen LogP contribution is 2.32. The molecule has 148 valence electrons. The third-order valence-corrected chi connectivity index (χ3v) is 4.95. The van der Waals surface area contributed by atoms with Crippen LogP contribution in [0.15, 0.2) is 46.9 Å². The molecule has 0 spiro atoms. The highest BCUT2D eigenvalue weighted by Gasteiger charge is 2.14. The lowest BCUT2D eigenvalue weighted by Crippen LogP contribution is -2.36. The van der Waals surface area contributed by atoms with Gasteiger partial charge in [-0.05, 0) is 30.8 Å². The van der Waals surface area contributed by atoms with Crippen LogP contribution in [0, 0.1) is 0 Å². The number of anilines is 1. The highest BCUT2D eigenvalue weighted by molar-refractivity contribution is 9.10. The van der Waals surface area contributed by atoms with E-state index in [4.69, 9.17) is 9.47 Å². The number of amides is 3. The molecule has 0 aromatic heterocycles. The molecule has 0 fully saturated rings. The summed E-state index contributed by atoms with van der Waals surface area (Å²) in [7, 11) is 1.93. The van der Waals surface area contributed by atoms with Gasteiger partial charge in [0.25, 0.3) is 0 Å². The van der Waals surface area contributed by atoms with E-state index < -0.39 is 6.03 Å². The maximum atomic E-state index is 12.0. The standard InChI is InChI=1S/C20H22BrN3O4/c1-24(13-14-4-2-3-5-16(14)21)9-8-19(25)23-20(26)22-15-6-7-17-18(12-15)28-11-10-27-17/h2-7,12H,8-11,13H2,1H3,(H2,22,23,25,26). The Kier molecular flexibility index (Phi) is 6.89. The zero-order valence-electron chi connectivity index (χ0n) is 15.5.